The van der Waals surface area contributed by atoms with Crippen molar-refractivity contribution < 1.29 is 4.79 Å². The molecule has 22 heavy (non-hydrogen) atoms. The molecule has 1 saturated heterocycles. The molecule has 2 atom stereocenters. The predicted octanol–water partition coefficient (Wildman–Crippen LogP) is 3.43. The molecule has 0 bridgehead atoms. The Morgan fingerprint density at radius 1 is 1.41 bits per heavy atom. The molecule has 1 aliphatic rings. The largest absolute Gasteiger partial charge is 0.310 e. The second-order valence-corrected chi connectivity index (χ2v) is 6.80. The molecule has 1 aliphatic heterocycles. The van der Waals surface area contributed by atoms with E-state index in [4.69, 9.17) is 5.26 Å². The minimum Gasteiger partial charge on any atom is -0.310 e. The van der Waals surface area contributed by atoms with E-state index in [0.29, 0.717) is 23.9 Å². The van der Waals surface area contributed by atoms with Crippen molar-refractivity contribution in [2.75, 3.05) is 13.1 Å². The van der Waals surface area contributed by atoms with Gasteiger partial charge >= 0.3 is 0 Å². The summed E-state index contributed by atoms with van der Waals surface area (Å²) in [5, 5.41) is 9.53. The van der Waals surface area contributed by atoms with Gasteiger partial charge in [0.05, 0.1) is 4.88 Å². The zero-order valence-electron chi connectivity index (χ0n) is 12.4. The molecule has 1 aromatic carbocycles. The Balaban J connectivity index is 1.69. The highest BCUT2D eigenvalue weighted by Crippen LogP contribution is 2.30. The number of aromatic nitrogens is 1. The van der Waals surface area contributed by atoms with Crippen LogP contribution in [0.3, 0.4) is 0 Å². The number of carbonyl (C=O) groups excluding carboxylic acids is 1. The zero-order valence-corrected chi connectivity index (χ0v) is 13.2. The predicted molar refractivity (Wildman–Crippen MR) is 86.3 cm³/mol. The van der Waals surface area contributed by atoms with E-state index >= 15 is 0 Å². The van der Waals surface area contributed by atoms with Crippen LogP contribution in [0, 0.1) is 23.3 Å². The Labute approximate surface area is 134 Å². The van der Waals surface area contributed by atoms with Gasteiger partial charge in [0.25, 0.3) is 0 Å². The molecule has 0 amide bonds. The molecule has 0 aliphatic carbocycles. The van der Waals surface area contributed by atoms with Crippen LogP contribution in [-0.4, -0.2) is 28.8 Å². The van der Waals surface area contributed by atoms with Crippen LogP contribution in [0.1, 0.15) is 23.1 Å². The molecule has 2 heterocycles. The van der Waals surface area contributed by atoms with Crippen molar-refractivity contribution in [3.8, 4) is 16.6 Å². The van der Waals surface area contributed by atoms with Crippen LogP contribution in [0.15, 0.2) is 36.5 Å². The number of hydrogen-bond acceptors (Lipinski definition) is 5. The van der Waals surface area contributed by atoms with Crippen molar-refractivity contribution in [3.05, 3.63) is 41.5 Å². The lowest BCUT2D eigenvalue weighted by Gasteiger charge is -2.11. The van der Waals surface area contributed by atoms with Gasteiger partial charge in [-0.25, -0.2) is 4.98 Å². The number of thiazole rings is 1. The first-order valence-corrected chi connectivity index (χ1v) is 8.18. The lowest BCUT2D eigenvalue weighted by atomic mass is 9.93. The normalized spacial score (nSPS) is 20.8. The number of benzene rings is 1. The van der Waals surface area contributed by atoms with E-state index in [1.165, 1.54) is 11.3 Å². The summed E-state index contributed by atoms with van der Waals surface area (Å²) >= 11 is 1.45. The van der Waals surface area contributed by atoms with Crippen molar-refractivity contribution in [2.45, 2.75) is 13.3 Å². The highest BCUT2D eigenvalue weighted by molar-refractivity contribution is 7.17. The lowest BCUT2D eigenvalue weighted by molar-refractivity contribution is 0.0955. The van der Waals surface area contributed by atoms with Gasteiger partial charge in [0, 0.05) is 25.7 Å². The number of nitriles is 1. The number of rotatable bonds is 4. The van der Waals surface area contributed by atoms with Gasteiger partial charge in [0.1, 0.15) is 0 Å². The summed E-state index contributed by atoms with van der Waals surface area (Å²) in [5.74, 6) is 0.706. The number of carbonyl (C=O) groups is 1. The van der Waals surface area contributed by atoms with Gasteiger partial charge in [0.15, 0.2) is 17.0 Å². The number of Topliss-reactive ketones (excluding diaryl/α,β-unsaturated/α-hetero) is 1. The lowest BCUT2D eigenvalue weighted by Crippen LogP contribution is -2.16. The third-order valence-electron chi connectivity index (χ3n) is 4.16. The van der Waals surface area contributed by atoms with Crippen molar-refractivity contribution in [1.82, 2.24) is 9.88 Å². The molecule has 3 rings (SSSR count). The Morgan fingerprint density at radius 3 is 2.86 bits per heavy atom. The molecule has 2 aromatic rings. The average molecular weight is 311 g/mol. The second-order valence-electron chi connectivity index (χ2n) is 5.77. The average Bonchev–Trinajstić information content (AvgIpc) is 3.16. The van der Waals surface area contributed by atoms with Crippen LogP contribution in [0.2, 0.25) is 0 Å². The summed E-state index contributed by atoms with van der Waals surface area (Å²) in [4.78, 5) is 19.5. The second kappa shape index (κ2) is 6.29. The third-order valence-corrected chi connectivity index (χ3v) is 5.25. The molecule has 0 N–H and O–H groups in total. The summed E-state index contributed by atoms with van der Waals surface area (Å²) < 4.78 is 0. The molecule has 0 saturated carbocycles. The highest BCUT2D eigenvalue weighted by atomic mass is 32.1. The SMILES string of the molecule is C[C@@H]1CN(C#N)C[C@H]1CC(=O)c1ncc(-c2ccccc2)s1. The van der Waals surface area contributed by atoms with Gasteiger partial charge in [-0.1, -0.05) is 37.3 Å². The molecule has 1 fully saturated rings. The van der Waals surface area contributed by atoms with Crippen molar-refractivity contribution in [2.24, 2.45) is 11.8 Å². The molecule has 5 heteroatoms. The first kappa shape index (κ1) is 14.7. The van der Waals surface area contributed by atoms with Crippen molar-refractivity contribution >= 4 is 17.1 Å². The molecular weight excluding hydrogens is 294 g/mol. The zero-order chi connectivity index (χ0) is 15.5. The summed E-state index contributed by atoms with van der Waals surface area (Å²) in [6.45, 7) is 3.54. The van der Waals surface area contributed by atoms with Crippen LogP contribution < -0.4 is 0 Å². The van der Waals surface area contributed by atoms with Gasteiger partial charge in [-0.2, -0.15) is 5.26 Å². The fourth-order valence-electron chi connectivity index (χ4n) is 2.85. The fraction of sp³-hybridized carbons (Fsp3) is 0.353. The van der Waals surface area contributed by atoms with Crippen molar-refractivity contribution in [3.63, 3.8) is 0 Å². The minimum absolute atomic E-state index is 0.0869. The van der Waals surface area contributed by atoms with E-state index in [2.05, 4.69) is 18.1 Å². The van der Waals surface area contributed by atoms with Gasteiger partial charge in [-0.15, -0.1) is 11.3 Å². The Hall–Kier alpha value is -2.19. The van der Waals surface area contributed by atoms with E-state index < -0.39 is 0 Å². The van der Waals surface area contributed by atoms with Crippen LogP contribution in [0.25, 0.3) is 10.4 Å². The summed E-state index contributed by atoms with van der Waals surface area (Å²) in [6, 6.07) is 9.97. The van der Waals surface area contributed by atoms with E-state index in [0.717, 1.165) is 17.0 Å². The summed E-state index contributed by atoms with van der Waals surface area (Å²) in [6.07, 6.45) is 4.42. The smallest absolute Gasteiger partial charge is 0.191 e. The molecule has 0 spiro atoms. The Bertz CT molecular complexity index is 704. The van der Waals surface area contributed by atoms with Gasteiger partial charge in [0.2, 0.25) is 0 Å². The van der Waals surface area contributed by atoms with Crippen LogP contribution >= 0.6 is 11.3 Å². The molecule has 0 radical (unpaired) electrons. The Morgan fingerprint density at radius 2 is 2.18 bits per heavy atom. The quantitative estimate of drug-likeness (QED) is 0.641. The first-order chi connectivity index (χ1) is 10.7. The van der Waals surface area contributed by atoms with Crippen LogP contribution in [0.4, 0.5) is 0 Å². The topological polar surface area (TPSA) is 57.0 Å². The minimum atomic E-state index is 0.0869. The molecule has 112 valence electrons. The van der Waals surface area contributed by atoms with Crippen LogP contribution in [-0.2, 0) is 0 Å². The van der Waals surface area contributed by atoms with Crippen LogP contribution in [0.5, 0.6) is 0 Å². The maximum Gasteiger partial charge on any atom is 0.191 e. The standard InChI is InChI=1S/C17H17N3OS/c1-12-9-20(11-18)10-14(12)7-15(21)17-19-8-16(22-17)13-5-3-2-4-6-13/h2-6,8,12,14H,7,9-10H2,1H3/t12-,14-/m1/s1. The molecular formula is C17H17N3OS. The number of nitrogens with zero attached hydrogens (tertiary/aromatic N) is 3. The first-order valence-electron chi connectivity index (χ1n) is 7.36. The highest BCUT2D eigenvalue weighted by Gasteiger charge is 2.31. The number of ketones is 1. The van der Waals surface area contributed by atoms with E-state index in [1.54, 1.807) is 11.1 Å². The maximum atomic E-state index is 12.4. The van der Waals surface area contributed by atoms with E-state index in [9.17, 15) is 4.79 Å². The number of hydrogen-bond donors (Lipinski definition) is 0. The van der Waals surface area contributed by atoms with Gasteiger partial charge < -0.3 is 4.90 Å². The molecule has 0 unspecified atom stereocenters. The van der Waals surface area contributed by atoms with Crippen molar-refractivity contribution in [1.29, 1.82) is 5.26 Å². The summed E-state index contributed by atoms with van der Waals surface area (Å²) in [7, 11) is 0. The van der Waals surface area contributed by atoms with E-state index in [-0.39, 0.29) is 11.7 Å². The number of likely N-dealkylation sites (tertiary alicyclic amines) is 1. The van der Waals surface area contributed by atoms with Gasteiger partial charge in [-0.05, 0) is 17.4 Å². The molecule has 1 aromatic heterocycles. The third kappa shape index (κ3) is 3.02. The molecule has 4 nitrogen and oxygen atoms in total. The summed E-state index contributed by atoms with van der Waals surface area (Å²) in [5.41, 5.74) is 1.09. The monoisotopic (exact) mass is 311 g/mol. The van der Waals surface area contributed by atoms with Gasteiger partial charge in [-0.3, -0.25) is 4.79 Å². The van der Waals surface area contributed by atoms with E-state index in [1.807, 2.05) is 30.3 Å². The Kier molecular flexibility index (Phi) is 4.21. The maximum absolute atomic E-state index is 12.4. The fourth-order valence-corrected chi connectivity index (χ4v) is 3.72.